The van der Waals surface area contributed by atoms with Gasteiger partial charge in [-0.2, -0.15) is 10.5 Å². The molecule has 0 N–H and O–H groups in total. The maximum atomic E-state index is 12.4. The molecule has 1 aromatic heterocycles. The van der Waals surface area contributed by atoms with Gasteiger partial charge in [-0.1, -0.05) is 0 Å². The van der Waals surface area contributed by atoms with Gasteiger partial charge in [0.25, 0.3) is 0 Å². The van der Waals surface area contributed by atoms with Crippen LogP contribution in [0.4, 0.5) is 0 Å². The van der Waals surface area contributed by atoms with Crippen LogP contribution in [0.25, 0.3) is 0 Å². The van der Waals surface area contributed by atoms with Crippen LogP contribution in [0, 0.1) is 41.4 Å². The zero-order valence-corrected chi connectivity index (χ0v) is 11.3. The number of hydrogen-bond acceptors (Lipinski definition) is 6. The molecule has 1 aliphatic rings. The Morgan fingerprint density at radius 3 is 2.35 bits per heavy atom. The standard InChI is InChI=1S/C14H14N4O2/c1-9-17-7-12(8-18-9)14(10-3-4-10,13(19)20-2)11(5-15)6-16/h7-8,10-11H,3-4H2,1-2H3/t14-/m0/s1. The van der Waals surface area contributed by atoms with Crippen molar-refractivity contribution < 1.29 is 9.53 Å². The lowest BCUT2D eigenvalue weighted by Gasteiger charge is -2.31. The highest BCUT2D eigenvalue weighted by atomic mass is 16.5. The number of ether oxygens (including phenoxy) is 1. The largest absolute Gasteiger partial charge is 0.468 e. The summed E-state index contributed by atoms with van der Waals surface area (Å²) in [5.74, 6) is -1.20. The highest BCUT2D eigenvalue weighted by molar-refractivity contribution is 5.85. The van der Waals surface area contributed by atoms with E-state index in [1.54, 1.807) is 6.92 Å². The summed E-state index contributed by atoms with van der Waals surface area (Å²) in [7, 11) is 1.26. The second-order valence-corrected chi connectivity index (χ2v) is 4.85. The number of aromatic nitrogens is 2. The van der Waals surface area contributed by atoms with Gasteiger partial charge < -0.3 is 4.74 Å². The normalized spacial score (nSPS) is 16.9. The van der Waals surface area contributed by atoms with E-state index in [0.29, 0.717) is 11.4 Å². The summed E-state index contributed by atoms with van der Waals surface area (Å²) in [6, 6.07) is 3.85. The lowest BCUT2D eigenvalue weighted by Crippen LogP contribution is -2.45. The van der Waals surface area contributed by atoms with Gasteiger partial charge in [-0.05, 0) is 25.7 Å². The van der Waals surface area contributed by atoms with Crippen molar-refractivity contribution in [1.29, 1.82) is 10.5 Å². The van der Waals surface area contributed by atoms with Crippen LogP contribution in [0.5, 0.6) is 0 Å². The third-order valence-electron chi connectivity index (χ3n) is 3.72. The minimum Gasteiger partial charge on any atom is -0.468 e. The molecule has 0 bridgehead atoms. The fourth-order valence-electron chi connectivity index (χ4n) is 2.59. The predicted octanol–water partition coefficient (Wildman–Crippen LogP) is 1.27. The lowest BCUT2D eigenvalue weighted by atomic mass is 9.68. The van der Waals surface area contributed by atoms with Crippen LogP contribution < -0.4 is 0 Å². The van der Waals surface area contributed by atoms with E-state index < -0.39 is 17.3 Å². The summed E-state index contributed by atoms with van der Waals surface area (Å²) in [6.07, 6.45) is 4.59. The molecule has 0 radical (unpaired) electrons. The third kappa shape index (κ3) is 2.00. The van der Waals surface area contributed by atoms with Crippen molar-refractivity contribution in [1.82, 2.24) is 9.97 Å². The van der Waals surface area contributed by atoms with Crippen LogP contribution in [-0.4, -0.2) is 23.0 Å². The first-order valence-electron chi connectivity index (χ1n) is 6.28. The number of carbonyl (C=O) groups excluding carboxylic acids is 1. The second-order valence-electron chi connectivity index (χ2n) is 4.85. The Labute approximate surface area is 117 Å². The van der Waals surface area contributed by atoms with Crippen LogP contribution >= 0.6 is 0 Å². The van der Waals surface area contributed by atoms with Crippen molar-refractivity contribution in [2.24, 2.45) is 11.8 Å². The zero-order chi connectivity index (χ0) is 14.8. The molecular formula is C14H14N4O2. The van der Waals surface area contributed by atoms with Crippen LogP contribution in [0.3, 0.4) is 0 Å². The summed E-state index contributed by atoms with van der Waals surface area (Å²) in [6.45, 7) is 1.73. The first-order valence-corrected chi connectivity index (χ1v) is 6.28. The van der Waals surface area contributed by atoms with Crippen LogP contribution in [0.1, 0.15) is 24.2 Å². The summed E-state index contributed by atoms with van der Waals surface area (Å²) >= 11 is 0. The number of nitrogens with zero attached hydrogens (tertiary/aromatic N) is 4. The minimum atomic E-state index is -1.29. The van der Waals surface area contributed by atoms with E-state index in [9.17, 15) is 15.3 Å². The smallest absolute Gasteiger partial charge is 0.319 e. The van der Waals surface area contributed by atoms with E-state index in [1.165, 1.54) is 19.5 Å². The fourth-order valence-corrected chi connectivity index (χ4v) is 2.59. The number of aryl methyl sites for hydroxylation is 1. The number of carbonyl (C=O) groups is 1. The Kier molecular flexibility index (Phi) is 3.67. The molecule has 0 aromatic carbocycles. The van der Waals surface area contributed by atoms with E-state index in [1.807, 2.05) is 12.1 Å². The van der Waals surface area contributed by atoms with E-state index in [0.717, 1.165) is 12.8 Å². The minimum absolute atomic E-state index is 0.0782. The van der Waals surface area contributed by atoms with Crippen LogP contribution in [0.2, 0.25) is 0 Å². The van der Waals surface area contributed by atoms with Gasteiger partial charge in [-0.25, -0.2) is 9.97 Å². The average molecular weight is 270 g/mol. The number of rotatable bonds is 4. The molecule has 20 heavy (non-hydrogen) atoms. The molecule has 0 amide bonds. The second kappa shape index (κ2) is 5.26. The summed E-state index contributed by atoms with van der Waals surface area (Å²) < 4.78 is 4.89. The molecule has 1 heterocycles. The molecule has 6 heteroatoms. The molecule has 1 atom stereocenters. The summed E-state index contributed by atoms with van der Waals surface area (Å²) in [5.41, 5.74) is -0.808. The molecule has 1 fully saturated rings. The van der Waals surface area contributed by atoms with Crippen molar-refractivity contribution in [2.45, 2.75) is 25.2 Å². The molecule has 0 spiro atoms. The Hall–Kier alpha value is -2.47. The topological polar surface area (TPSA) is 99.7 Å². The number of nitriles is 2. The Balaban J connectivity index is 2.64. The van der Waals surface area contributed by atoms with Crippen molar-refractivity contribution >= 4 is 5.97 Å². The van der Waals surface area contributed by atoms with E-state index in [-0.39, 0.29) is 5.92 Å². The van der Waals surface area contributed by atoms with Crippen molar-refractivity contribution in [2.75, 3.05) is 7.11 Å². The molecule has 1 aliphatic carbocycles. The van der Waals surface area contributed by atoms with Gasteiger partial charge in [0, 0.05) is 18.0 Å². The van der Waals surface area contributed by atoms with E-state index in [2.05, 4.69) is 9.97 Å². The molecule has 2 rings (SSSR count). The predicted molar refractivity (Wildman–Crippen MR) is 67.9 cm³/mol. The molecule has 1 saturated carbocycles. The molecule has 102 valence electrons. The monoisotopic (exact) mass is 270 g/mol. The Morgan fingerprint density at radius 1 is 1.40 bits per heavy atom. The zero-order valence-electron chi connectivity index (χ0n) is 11.3. The van der Waals surface area contributed by atoms with Crippen molar-refractivity contribution in [3.05, 3.63) is 23.8 Å². The van der Waals surface area contributed by atoms with Crippen LogP contribution in [-0.2, 0) is 14.9 Å². The third-order valence-corrected chi connectivity index (χ3v) is 3.72. The van der Waals surface area contributed by atoms with Gasteiger partial charge in [0.1, 0.15) is 11.2 Å². The molecule has 1 aromatic rings. The van der Waals surface area contributed by atoms with Gasteiger partial charge in [0.2, 0.25) is 0 Å². The van der Waals surface area contributed by atoms with Gasteiger partial charge in [-0.15, -0.1) is 0 Å². The first kappa shape index (κ1) is 14.0. The summed E-state index contributed by atoms with van der Waals surface area (Å²) in [4.78, 5) is 20.6. The van der Waals surface area contributed by atoms with E-state index >= 15 is 0 Å². The number of hydrogen-bond donors (Lipinski definition) is 0. The maximum absolute atomic E-state index is 12.4. The Bertz CT molecular complexity index is 581. The van der Waals surface area contributed by atoms with Gasteiger partial charge >= 0.3 is 5.97 Å². The molecule has 0 saturated heterocycles. The highest BCUT2D eigenvalue weighted by Gasteiger charge is 2.59. The lowest BCUT2D eigenvalue weighted by molar-refractivity contribution is -0.149. The molecule has 6 nitrogen and oxygen atoms in total. The van der Waals surface area contributed by atoms with Crippen molar-refractivity contribution in [3.63, 3.8) is 0 Å². The molecule has 0 aliphatic heterocycles. The molecular weight excluding hydrogens is 256 g/mol. The first-order chi connectivity index (χ1) is 9.60. The number of esters is 1. The van der Waals surface area contributed by atoms with E-state index in [4.69, 9.17) is 4.74 Å². The van der Waals surface area contributed by atoms with Crippen LogP contribution in [0.15, 0.2) is 12.4 Å². The SMILES string of the molecule is COC(=O)[C@](c1cnc(C)nc1)(C(C#N)C#N)C1CC1. The van der Waals surface area contributed by atoms with Gasteiger partial charge in [-0.3, -0.25) is 4.79 Å². The Morgan fingerprint density at radius 2 is 1.95 bits per heavy atom. The van der Waals surface area contributed by atoms with Crippen molar-refractivity contribution in [3.8, 4) is 12.1 Å². The molecule has 0 unspecified atom stereocenters. The fraction of sp³-hybridized carbons (Fsp3) is 0.500. The summed E-state index contributed by atoms with van der Waals surface area (Å²) in [5, 5.41) is 18.6. The number of methoxy groups -OCH3 is 1. The van der Waals surface area contributed by atoms with Gasteiger partial charge in [0.15, 0.2) is 5.92 Å². The highest BCUT2D eigenvalue weighted by Crippen LogP contribution is 2.52. The van der Waals surface area contributed by atoms with Gasteiger partial charge in [0.05, 0.1) is 19.2 Å². The average Bonchev–Trinajstić information content (AvgIpc) is 3.30. The quantitative estimate of drug-likeness (QED) is 0.764. The maximum Gasteiger partial charge on any atom is 0.319 e.